The van der Waals surface area contributed by atoms with Gasteiger partial charge in [0.1, 0.15) is 0 Å². The number of piperidine rings is 1. The highest BCUT2D eigenvalue weighted by Crippen LogP contribution is 2.24. The average Bonchev–Trinajstić information content (AvgIpc) is 2.86. The van der Waals surface area contributed by atoms with E-state index in [0.29, 0.717) is 0 Å². The Bertz CT molecular complexity index is 507. The van der Waals surface area contributed by atoms with E-state index in [9.17, 15) is 4.79 Å². The number of hydrogen-bond donors (Lipinski definition) is 1. The Morgan fingerprint density at radius 2 is 2.00 bits per heavy atom. The minimum atomic E-state index is -0.0945. The zero-order chi connectivity index (χ0) is 16.3. The van der Waals surface area contributed by atoms with Crippen LogP contribution in [0.25, 0.3) is 0 Å². The first-order chi connectivity index (χ1) is 10.3. The molecule has 5 heteroatoms. The van der Waals surface area contributed by atoms with Crippen molar-refractivity contribution < 1.29 is 4.79 Å². The van der Waals surface area contributed by atoms with Crippen molar-refractivity contribution in [2.45, 2.75) is 52.5 Å². The predicted molar refractivity (Wildman–Crippen MR) is 89.1 cm³/mol. The van der Waals surface area contributed by atoms with Crippen LogP contribution in [0.4, 0.5) is 0 Å². The van der Waals surface area contributed by atoms with Crippen LogP contribution in [0.1, 0.15) is 56.1 Å². The summed E-state index contributed by atoms with van der Waals surface area (Å²) in [6.45, 7) is 11.1. The second-order valence-electron chi connectivity index (χ2n) is 7.35. The summed E-state index contributed by atoms with van der Waals surface area (Å²) in [4.78, 5) is 14.7. The summed E-state index contributed by atoms with van der Waals surface area (Å²) in [5.74, 6) is 0.884. The molecule has 124 valence electrons. The number of carbonyl (C=O) groups is 1. The lowest BCUT2D eigenvalue weighted by atomic mass is 9.93. The topological polar surface area (TPSA) is 50.2 Å². The van der Waals surface area contributed by atoms with Crippen molar-refractivity contribution in [3.8, 4) is 0 Å². The van der Waals surface area contributed by atoms with E-state index in [1.165, 1.54) is 6.42 Å². The molecule has 1 amide bonds. The van der Waals surface area contributed by atoms with E-state index in [1.54, 1.807) is 6.20 Å². The summed E-state index contributed by atoms with van der Waals surface area (Å²) >= 11 is 0. The maximum Gasteiger partial charge on any atom is 0.257 e. The molecule has 1 saturated heterocycles. The summed E-state index contributed by atoms with van der Waals surface area (Å²) in [6, 6.07) is 0. The summed E-state index contributed by atoms with van der Waals surface area (Å²) in [7, 11) is 1.99. The third kappa shape index (κ3) is 3.69. The van der Waals surface area contributed by atoms with Gasteiger partial charge in [-0.15, -0.1) is 0 Å². The Kier molecular flexibility index (Phi) is 5.27. The van der Waals surface area contributed by atoms with E-state index in [4.69, 9.17) is 0 Å². The molecule has 1 fully saturated rings. The predicted octanol–water partition coefficient (Wildman–Crippen LogP) is 2.41. The van der Waals surface area contributed by atoms with Crippen molar-refractivity contribution >= 4 is 5.91 Å². The highest BCUT2D eigenvalue weighted by molar-refractivity contribution is 5.95. The van der Waals surface area contributed by atoms with Crippen LogP contribution in [0, 0.1) is 12.8 Å². The SMILES string of the molecule is CNCCC1CCN(C(=O)c2cnn(C(C)(C)C)c2C)CC1. The zero-order valence-electron chi connectivity index (χ0n) is 14.6. The molecule has 0 spiro atoms. The van der Waals surface area contributed by atoms with Crippen LogP contribution in [-0.4, -0.2) is 47.3 Å². The van der Waals surface area contributed by atoms with Crippen LogP contribution in [0.15, 0.2) is 6.20 Å². The van der Waals surface area contributed by atoms with Crippen LogP contribution in [0.5, 0.6) is 0 Å². The Morgan fingerprint density at radius 3 is 2.50 bits per heavy atom. The molecular formula is C17H30N4O. The number of aromatic nitrogens is 2. The van der Waals surface area contributed by atoms with E-state index in [2.05, 4.69) is 31.2 Å². The first kappa shape index (κ1) is 17.0. The first-order valence-corrected chi connectivity index (χ1v) is 8.33. The van der Waals surface area contributed by atoms with Gasteiger partial charge in [0.25, 0.3) is 5.91 Å². The van der Waals surface area contributed by atoms with Gasteiger partial charge >= 0.3 is 0 Å². The molecule has 0 aromatic carbocycles. The molecule has 0 atom stereocenters. The fourth-order valence-corrected chi connectivity index (χ4v) is 3.24. The molecule has 2 rings (SSSR count). The summed E-state index contributed by atoms with van der Waals surface area (Å²) in [5.41, 5.74) is 1.63. The number of nitrogens with one attached hydrogen (secondary N) is 1. The molecule has 0 bridgehead atoms. The Morgan fingerprint density at radius 1 is 1.36 bits per heavy atom. The van der Waals surface area contributed by atoms with E-state index in [1.807, 2.05) is 23.6 Å². The minimum Gasteiger partial charge on any atom is -0.339 e. The molecule has 1 aromatic heterocycles. The van der Waals surface area contributed by atoms with E-state index in [-0.39, 0.29) is 11.4 Å². The minimum absolute atomic E-state index is 0.0945. The number of amides is 1. The molecule has 0 unspecified atom stereocenters. The van der Waals surface area contributed by atoms with Gasteiger partial charge in [0, 0.05) is 18.8 Å². The molecule has 5 nitrogen and oxygen atoms in total. The molecule has 0 radical (unpaired) electrons. The molecule has 0 saturated carbocycles. The van der Waals surface area contributed by atoms with Gasteiger partial charge < -0.3 is 10.2 Å². The molecule has 1 N–H and O–H groups in total. The summed E-state index contributed by atoms with van der Waals surface area (Å²) < 4.78 is 1.94. The maximum atomic E-state index is 12.7. The number of rotatable bonds is 4. The van der Waals surface area contributed by atoms with Crippen molar-refractivity contribution in [1.82, 2.24) is 20.0 Å². The highest BCUT2D eigenvalue weighted by atomic mass is 16.2. The van der Waals surface area contributed by atoms with Crippen LogP contribution in [0.3, 0.4) is 0 Å². The van der Waals surface area contributed by atoms with E-state index in [0.717, 1.165) is 49.7 Å². The molecule has 1 aliphatic heterocycles. The average molecular weight is 306 g/mol. The highest BCUT2D eigenvalue weighted by Gasteiger charge is 2.27. The molecule has 2 heterocycles. The van der Waals surface area contributed by atoms with Gasteiger partial charge in [-0.25, -0.2) is 0 Å². The third-order valence-electron chi connectivity index (χ3n) is 4.58. The van der Waals surface area contributed by atoms with Crippen LogP contribution in [-0.2, 0) is 5.54 Å². The van der Waals surface area contributed by atoms with Gasteiger partial charge in [0.05, 0.1) is 17.3 Å². The van der Waals surface area contributed by atoms with Crippen LogP contribution in [0.2, 0.25) is 0 Å². The normalized spacial score (nSPS) is 17.0. The van der Waals surface area contributed by atoms with E-state index < -0.39 is 0 Å². The van der Waals surface area contributed by atoms with Gasteiger partial charge in [-0.05, 0) is 66.5 Å². The van der Waals surface area contributed by atoms with E-state index >= 15 is 0 Å². The van der Waals surface area contributed by atoms with Gasteiger partial charge in [-0.2, -0.15) is 5.10 Å². The summed E-state index contributed by atoms with van der Waals surface area (Å²) in [5, 5.41) is 7.63. The second kappa shape index (κ2) is 6.82. The standard InChI is InChI=1S/C17H30N4O/c1-13-15(12-19-21(13)17(2,3)4)16(22)20-10-7-14(8-11-20)6-9-18-5/h12,14,18H,6-11H2,1-5H3. The Labute approximate surface area is 134 Å². The fourth-order valence-electron chi connectivity index (χ4n) is 3.24. The van der Waals surface area contributed by atoms with Crippen molar-refractivity contribution in [2.24, 2.45) is 5.92 Å². The summed E-state index contributed by atoms with van der Waals surface area (Å²) in [6.07, 6.45) is 5.16. The Balaban J connectivity index is 2.00. The lowest BCUT2D eigenvalue weighted by Gasteiger charge is -2.32. The monoisotopic (exact) mass is 306 g/mol. The van der Waals surface area contributed by atoms with Crippen LogP contribution >= 0.6 is 0 Å². The number of likely N-dealkylation sites (tertiary alicyclic amines) is 1. The number of nitrogens with zero attached hydrogens (tertiary/aromatic N) is 3. The maximum absolute atomic E-state index is 12.7. The zero-order valence-corrected chi connectivity index (χ0v) is 14.6. The molecule has 22 heavy (non-hydrogen) atoms. The van der Waals surface area contributed by atoms with Gasteiger partial charge in [-0.3, -0.25) is 9.48 Å². The van der Waals surface area contributed by atoms with Gasteiger partial charge in [-0.1, -0.05) is 0 Å². The van der Waals surface area contributed by atoms with Crippen molar-refractivity contribution in [3.05, 3.63) is 17.5 Å². The van der Waals surface area contributed by atoms with Crippen molar-refractivity contribution in [2.75, 3.05) is 26.7 Å². The fraction of sp³-hybridized carbons (Fsp3) is 0.765. The lowest BCUT2D eigenvalue weighted by molar-refractivity contribution is 0.0686. The molecular weight excluding hydrogens is 276 g/mol. The van der Waals surface area contributed by atoms with Crippen molar-refractivity contribution in [3.63, 3.8) is 0 Å². The van der Waals surface area contributed by atoms with Gasteiger partial charge in [0.15, 0.2) is 0 Å². The first-order valence-electron chi connectivity index (χ1n) is 8.33. The molecule has 1 aliphatic rings. The number of hydrogen-bond acceptors (Lipinski definition) is 3. The smallest absolute Gasteiger partial charge is 0.257 e. The van der Waals surface area contributed by atoms with Crippen LogP contribution < -0.4 is 5.32 Å². The van der Waals surface area contributed by atoms with Crippen molar-refractivity contribution in [1.29, 1.82) is 0 Å². The lowest BCUT2D eigenvalue weighted by Crippen LogP contribution is -2.39. The second-order valence-corrected chi connectivity index (χ2v) is 7.35. The largest absolute Gasteiger partial charge is 0.339 e. The molecule has 0 aliphatic carbocycles. The third-order valence-corrected chi connectivity index (χ3v) is 4.58. The quantitative estimate of drug-likeness (QED) is 0.929. The molecule has 1 aromatic rings. The Hall–Kier alpha value is -1.36. The van der Waals surface area contributed by atoms with Gasteiger partial charge in [0.2, 0.25) is 0 Å². The number of carbonyl (C=O) groups excluding carboxylic acids is 1.